The third-order valence-electron chi connectivity index (χ3n) is 5.53. The second-order valence-corrected chi connectivity index (χ2v) is 7.39. The van der Waals surface area contributed by atoms with E-state index in [-0.39, 0.29) is 18.9 Å². The lowest BCUT2D eigenvalue weighted by atomic mass is 9.98. The number of methoxy groups -OCH3 is 1. The van der Waals surface area contributed by atoms with E-state index in [1.54, 1.807) is 31.4 Å². The van der Waals surface area contributed by atoms with E-state index >= 15 is 0 Å². The minimum atomic E-state index is -1.01. The smallest absolute Gasteiger partial charge is 0.407 e. The van der Waals surface area contributed by atoms with Gasteiger partial charge in [-0.15, -0.1) is 0 Å². The highest BCUT2D eigenvalue weighted by Gasteiger charge is 2.29. The van der Waals surface area contributed by atoms with Crippen molar-refractivity contribution < 1.29 is 24.2 Å². The Labute approximate surface area is 180 Å². The summed E-state index contributed by atoms with van der Waals surface area (Å²) in [4.78, 5) is 23.9. The lowest BCUT2D eigenvalue weighted by Gasteiger charge is -2.19. The molecule has 0 unspecified atom stereocenters. The van der Waals surface area contributed by atoms with Crippen LogP contribution in [0.4, 0.5) is 4.79 Å². The summed E-state index contributed by atoms with van der Waals surface area (Å²) in [6.45, 7) is 0.169. The standard InChI is InChI=1S/C25H23NO5/c1-30-17-12-10-16(11-13-17)23(14-24(27)28)26-25(29)31-15-22-20-8-4-2-6-18(20)19-7-3-5-9-21(19)22/h2-13,22-23H,14-15H2,1H3,(H,26,29)(H,27,28)/t23-/m0/s1. The van der Waals surface area contributed by atoms with Gasteiger partial charge in [-0.05, 0) is 39.9 Å². The fourth-order valence-corrected chi connectivity index (χ4v) is 4.05. The molecule has 0 saturated carbocycles. The molecule has 1 amide bonds. The number of ether oxygens (including phenoxy) is 2. The number of fused-ring (bicyclic) bond motifs is 3. The second-order valence-electron chi connectivity index (χ2n) is 7.39. The molecule has 0 radical (unpaired) electrons. The van der Waals surface area contributed by atoms with Crippen molar-refractivity contribution >= 4 is 12.1 Å². The van der Waals surface area contributed by atoms with Crippen molar-refractivity contribution in [3.8, 4) is 16.9 Å². The van der Waals surface area contributed by atoms with Crippen molar-refractivity contribution in [3.05, 3.63) is 89.5 Å². The summed E-state index contributed by atoms with van der Waals surface area (Å²) < 4.78 is 10.7. The van der Waals surface area contributed by atoms with Gasteiger partial charge in [0.1, 0.15) is 12.4 Å². The zero-order valence-corrected chi connectivity index (χ0v) is 17.1. The molecule has 0 saturated heterocycles. The molecule has 6 nitrogen and oxygen atoms in total. The van der Waals surface area contributed by atoms with Crippen LogP contribution >= 0.6 is 0 Å². The van der Waals surface area contributed by atoms with E-state index in [1.807, 2.05) is 36.4 Å². The van der Waals surface area contributed by atoms with E-state index in [0.29, 0.717) is 11.3 Å². The fourth-order valence-electron chi connectivity index (χ4n) is 4.05. The summed E-state index contributed by atoms with van der Waals surface area (Å²) in [5, 5.41) is 12.0. The lowest BCUT2D eigenvalue weighted by Crippen LogP contribution is -2.31. The number of rotatable bonds is 7. The van der Waals surface area contributed by atoms with Crippen LogP contribution in [0.5, 0.6) is 5.75 Å². The number of carboxylic acid groups (broad SMARTS) is 1. The highest BCUT2D eigenvalue weighted by Crippen LogP contribution is 2.44. The molecule has 3 aromatic carbocycles. The molecule has 0 fully saturated rings. The first-order valence-corrected chi connectivity index (χ1v) is 10.0. The van der Waals surface area contributed by atoms with Gasteiger partial charge < -0.3 is 19.9 Å². The van der Waals surface area contributed by atoms with Crippen LogP contribution in [0.3, 0.4) is 0 Å². The number of aliphatic carboxylic acids is 1. The number of nitrogens with one attached hydrogen (secondary N) is 1. The quantitative estimate of drug-likeness (QED) is 0.580. The number of amides is 1. The van der Waals surface area contributed by atoms with Crippen molar-refractivity contribution in [2.45, 2.75) is 18.4 Å². The molecule has 6 heteroatoms. The van der Waals surface area contributed by atoms with E-state index in [1.165, 1.54) is 0 Å². The molecule has 158 valence electrons. The average Bonchev–Trinajstić information content (AvgIpc) is 3.11. The van der Waals surface area contributed by atoms with Crippen molar-refractivity contribution in [3.63, 3.8) is 0 Å². The van der Waals surface area contributed by atoms with Crippen molar-refractivity contribution in [2.24, 2.45) is 0 Å². The van der Waals surface area contributed by atoms with Gasteiger partial charge in [0, 0.05) is 5.92 Å². The highest BCUT2D eigenvalue weighted by molar-refractivity contribution is 5.79. The Bertz CT molecular complexity index is 1050. The van der Waals surface area contributed by atoms with Crippen LogP contribution in [0, 0.1) is 0 Å². The molecule has 0 aromatic heterocycles. The maximum absolute atomic E-state index is 12.6. The number of hydrogen-bond acceptors (Lipinski definition) is 4. The number of hydrogen-bond donors (Lipinski definition) is 2. The Kier molecular flexibility index (Phi) is 5.89. The number of carboxylic acids is 1. The van der Waals surface area contributed by atoms with E-state index in [9.17, 15) is 14.7 Å². The van der Waals surface area contributed by atoms with E-state index < -0.39 is 18.1 Å². The minimum Gasteiger partial charge on any atom is -0.497 e. The number of carbonyl (C=O) groups is 2. The SMILES string of the molecule is COc1ccc([C@H](CC(=O)O)NC(=O)OCC2c3ccccc3-c3ccccc32)cc1. The Morgan fingerprint density at radius 1 is 0.935 bits per heavy atom. The first kappa shape index (κ1) is 20.5. The number of alkyl carbamates (subject to hydrolysis) is 1. The third-order valence-corrected chi connectivity index (χ3v) is 5.53. The molecule has 0 spiro atoms. The molecular weight excluding hydrogens is 394 g/mol. The molecule has 1 aliphatic carbocycles. The Hall–Kier alpha value is -3.80. The van der Waals surface area contributed by atoms with Crippen LogP contribution in [0.1, 0.15) is 35.1 Å². The van der Waals surface area contributed by atoms with Crippen LogP contribution in [0.25, 0.3) is 11.1 Å². The van der Waals surface area contributed by atoms with Gasteiger partial charge >= 0.3 is 12.1 Å². The summed E-state index contributed by atoms with van der Waals surface area (Å²) >= 11 is 0. The monoisotopic (exact) mass is 417 g/mol. The van der Waals surface area contributed by atoms with E-state index in [2.05, 4.69) is 17.4 Å². The Balaban J connectivity index is 1.47. The lowest BCUT2D eigenvalue weighted by molar-refractivity contribution is -0.137. The predicted molar refractivity (Wildman–Crippen MR) is 116 cm³/mol. The third kappa shape index (κ3) is 4.38. The Morgan fingerprint density at radius 3 is 2.06 bits per heavy atom. The van der Waals surface area contributed by atoms with Crippen LogP contribution in [-0.2, 0) is 9.53 Å². The first-order valence-electron chi connectivity index (χ1n) is 10.0. The zero-order valence-electron chi connectivity index (χ0n) is 17.1. The van der Waals surface area contributed by atoms with Gasteiger partial charge in [0.05, 0.1) is 19.6 Å². The molecule has 31 heavy (non-hydrogen) atoms. The predicted octanol–water partition coefficient (Wildman–Crippen LogP) is 4.75. The molecule has 0 aliphatic heterocycles. The Morgan fingerprint density at radius 2 is 1.52 bits per heavy atom. The summed E-state index contributed by atoms with van der Waals surface area (Å²) in [6.07, 6.45) is -0.903. The van der Waals surface area contributed by atoms with Gasteiger partial charge in [0.15, 0.2) is 0 Å². The molecule has 1 atom stereocenters. The van der Waals surface area contributed by atoms with Crippen LogP contribution in [0.15, 0.2) is 72.8 Å². The first-order chi connectivity index (χ1) is 15.1. The molecule has 4 rings (SSSR count). The largest absolute Gasteiger partial charge is 0.497 e. The average molecular weight is 417 g/mol. The van der Waals surface area contributed by atoms with Crippen LogP contribution in [-0.4, -0.2) is 30.9 Å². The van der Waals surface area contributed by atoms with Crippen molar-refractivity contribution in [2.75, 3.05) is 13.7 Å². The number of carbonyl (C=O) groups excluding carboxylic acids is 1. The second kappa shape index (κ2) is 8.92. The summed E-state index contributed by atoms with van der Waals surface area (Å²) in [6, 6.07) is 22.4. The van der Waals surface area contributed by atoms with Crippen molar-refractivity contribution in [1.29, 1.82) is 0 Å². The molecule has 3 aromatic rings. The van der Waals surface area contributed by atoms with Gasteiger partial charge in [0.2, 0.25) is 0 Å². The minimum absolute atomic E-state index is 0.0583. The van der Waals surface area contributed by atoms with Gasteiger partial charge in [-0.1, -0.05) is 60.7 Å². The van der Waals surface area contributed by atoms with E-state index in [4.69, 9.17) is 9.47 Å². The zero-order chi connectivity index (χ0) is 21.8. The fraction of sp³-hybridized carbons (Fsp3) is 0.200. The van der Waals surface area contributed by atoms with Crippen LogP contribution < -0.4 is 10.1 Å². The number of benzene rings is 3. The van der Waals surface area contributed by atoms with E-state index in [0.717, 1.165) is 22.3 Å². The molecule has 1 aliphatic rings. The van der Waals surface area contributed by atoms with Crippen LogP contribution in [0.2, 0.25) is 0 Å². The van der Waals surface area contributed by atoms with Gasteiger partial charge in [-0.2, -0.15) is 0 Å². The summed E-state index contributed by atoms with van der Waals surface area (Å²) in [5.41, 5.74) is 5.20. The summed E-state index contributed by atoms with van der Waals surface area (Å²) in [7, 11) is 1.55. The molecule has 2 N–H and O–H groups in total. The molecular formula is C25H23NO5. The highest BCUT2D eigenvalue weighted by atomic mass is 16.5. The summed E-state index contributed by atoms with van der Waals surface area (Å²) in [5.74, 6) is -0.421. The topological polar surface area (TPSA) is 84.9 Å². The van der Waals surface area contributed by atoms with Gasteiger partial charge in [0.25, 0.3) is 0 Å². The molecule has 0 bridgehead atoms. The van der Waals surface area contributed by atoms with Gasteiger partial charge in [-0.3, -0.25) is 4.79 Å². The van der Waals surface area contributed by atoms with Crippen molar-refractivity contribution in [1.82, 2.24) is 5.32 Å². The molecule has 0 heterocycles. The normalized spacial score (nSPS) is 13.1. The maximum Gasteiger partial charge on any atom is 0.407 e. The van der Waals surface area contributed by atoms with Gasteiger partial charge in [-0.25, -0.2) is 4.79 Å². The maximum atomic E-state index is 12.6.